The molecule has 0 bridgehead atoms. The summed E-state index contributed by atoms with van der Waals surface area (Å²) in [5.41, 5.74) is 2.03. The van der Waals surface area contributed by atoms with Crippen LogP contribution in [0.4, 0.5) is 5.95 Å². The topological polar surface area (TPSA) is 66.8 Å². The molecule has 7 heteroatoms. The van der Waals surface area contributed by atoms with Gasteiger partial charge >= 0.3 is 0 Å². The normalized spacial score (nSPS) is 14.9. The lowest BCUT2D eigenvalue weighted by atomic mass is 10.1. The summed E-state index contributed by atoms with van der Waals surface area (Å²) in [5, 5.41) is 2.40. The summed E-state index contributed by atoms with van der Waals surface area (Å²) in [6.45, 7) is 2.39. The average Bonchev–Trinajstić information content (AvgIpc) is 3.12. The van der Waals surface area contributed by atoms with E-state index < -0.39 is 0 Å². The van der Waals surface area contributed by atoms with Crippen molar-refractivity contribution in [2.75, 3.05) is 29.5 Å². The highest BCUT2D eigenvalue weighted by Gasteiger charge is 2.17. The fourth-order valence-electron chi connectivity index (χ4n) is 3.55. The number of benzene rings is 2. The number of nitrogens with one attached hydrogen (secondary N) is 1. The lowest BCUT2D eigenvalue weighted by Crippen LogP contribution is -2.35. The quantitative estimate of drug-likeness (QED) is 0.595. The van der Waals surface area contributed by atoms with E-state index in [0.29, 0.717) is 23.7 Å². The Morgan fingerprint density at radius 2 is 1.89 bits per heavy atom. The summed E-state index contributed by atoms with van der Waals surface area (Å²) in [6.07, 6.45) is 1.71. The highest BCUT2D eigenvalue weighted by atomic mass is 32.2. The molecular weight excluding hydrogens is 358 g/mol. The number of aromatic nitrogens is 4. The van der Waals surface area contributed by atoms with Gasteiger partial charge < -0.3 is 9.47 Å². The number of H-pyrrole nitrogens is 1. The van der Waals surface area contributed by atoms with Crippen molar-refractivity contribution >= 4 is 39.6 Å². The van der Waals surface area contributed by atoms with Crippen molar-refractivity contribution in [3.8, 4) is 0 Å². The molecule has 0 spiro atoms. The second kappa shape index (κ2) is 6.74. The van der Waals surface area contributed by atoms with Crippen LogP contribution in [0.1, 0.15) is 5.56 Å². The van der Waals surface area contributed by atoms with Gasteiger partial charge in [-0.2, -0.15) is 16.7 Å². The molecule has 1 aliphatic rings. The van der Waals surface area contributed by atoms with Crippen molar-refractivity contribution in [3.05, 3.63) is 64.7 Å². The number of imidazole rings is 1. The minimum atomic E-state index is -0.133. The van der Waals surface area contributed by atoms with E-state index in [1.165, 1.54) is 10.8 Å². The molecule has 0 amide bonds. The molecule has 4 aromatic rings. The molecule has 0 unspecified atom stereocenters. The molecule has 5 rings (SSSR count). The van der Waals surface area contributed by atoms with Gasteiger partial charge in [-0.05, 0) is 22.4 Å². The van der Waals surface area contributed by atoms with Crippen LogP contribution in [0, 0.1) is 0 Å². The van der Waals surface area contributed by atoms with Crippen LogP contribution < -0.4 is 10.5 Å². The zero-order valence-corrected chi connectivity index (χ0v) is 15.6. The van der Waals surface area contributed by atoms with E-state index in [1.54, 1.807) is 6.33 Å². The monoisotopic (exact) mass is 377 g/mol. The fraction of sp³-hybridized carbons (Fsp3) is 0.250. The smallest absolute Gasteiger partial charge is 0.278 e. The number of anilines is 1. The molecule has 6 nitrogen and oxygen atoms in total. The minimum Gasteiger partial charge on any atom is -0.341 e. The Balaban J connectivity index is 1.50. The van der Waals surface area contributed by atoms with Crippen LogP contribution in [0.15, 0.2) is 53.6 Å². The summed E-state index contributed by atoms with van der Waals surface area (Å²) < 4.78 is 1.88. The number of hydrogen-bond donors (Lipinski definition) is 1. The Kier molecular flexibility index (Phi) is 4.09. The first-order valence-corrected chi connectivity index (χ1v) is 10.2. The van der Waals surface area contributed by atoms with E-state index in [1.807, 2.05) is 28.5 Å². The predicted molar refractivity (Wildman–Crippen MR) is 111 cm³/mol. The van der Waals surface area contributed by atoms with E-state index in [-0.39, 0.29) is 5.56 Å². The number of nitrogens with zero attached hydrogens (tertiary/aromatic N) is 4. The molecule has 0 saturated carbocycles. The Bertz CT molecular complexity index is 1180. The SMILES string of the molecule is O=c1[nH]c(N2CCSCC2)nc2ncn(Cc3ccc4ccccc4c3)c12. The van der Waals surface area contributed by atoms with Crippen LogP contribution in [0.3, 0.4) is 0 Å². The largest absolute Gasteiger partial charge is 0.341 e. The molecule has 3 heterocycles. The number of fused-ring (bicyclic) bond motifs is 2. The molecule has 2 aromatic heterocycles. The van der Waals surface area contributed by atoms with Gasteiger partial charge in [0, 0.05) is 31.1 Å². The van der Waals surface area contributed by atoms with Crippen molar-refractivity contribution < 1.29 is 0 Å². The second-order valence-corrected chi connectivity index (χ2v) is 7.94. The van der Waals surface area contributed by atoms with Crippen molar-refractivity contribution in [2.24, 2.45) is 0 Å². The third-order valence-electron chi connectivity index (χ3n) is 4.95. The number of thioether (sulfide) groups is 1. The summed E-state index contributed by atoms with van der Waals surface area (Å²) in [7, 11) is 0. The van der Waals surface area contributed by atoms with E-state index in [2.05, 4.69) is 50.2 Å². The third-order valence-corrected chi connectivity index (χ3v) is 5.89. The lowest BCUT2D eigenvalue weighted by Gasteiger charge is -2.26. The van der Waals surface area contributed by atoms with E-state index >= 15 is 0 Å². The number of rotatable bonds is 3. The first-order chi connectivity index (χ1) is 13.3. The first-order valence-electron chi connectivity index (χ1n) is 9.03. The maximum Gasteiger partial charge on any atom is 0.278 e. The van der Waals surface area contributed by atoms with Crippen LogP contribution in [-0.2, 0) is 6.54 Å². The van der Waals surface area contributed by atoms with Gasteiger partial charge in [0.1, 0.15) is 0 Å². The van der Waals surface area contributed by atoms with Crippen LogP contribution >= 0.6 is 11.8 Å². The van der Waals surface area contributed by atoms with Crippen LogP contribution in [0.5, 0.6) is 0 Å². The zero-order valence-electron chi connectivity index (χ0n) is 14.8. The zero-order chi connectivity index (χ0) is 18.2. The summed E-state index contributed by atoms with van der Waals surface area (Å²) in [5.74, 6) is 2.74. The fourth-order valence-corrected chi connectivity index (χ4v) is 4.46. The minimum absolute atomic E-state index is 0.133. The van der Waals surface area contributed by atoms with Crippen molar-refractivity contribution in [3.63, 3.8) is 0 Å². The van der Waals surface area contributed by atoms with E-state index in [4.69, 9.17) is 0 Å². The van der Waals surface area contributed by atoms with Crippen molar-refractivity contribution in [2.45, 2.75) is 6.54 Å². The molecule has 27 heavy (non-hydrogen) atoms. The summed E-state index contributed by atoms with van der Waals surface area (Å²) in [4.78, 5) is 26.8. The second-order valence-electron chi connectivity index (χ2n) is 6.72. The molecular formula is C20H19N5OS. The molecule has 0 radical (unpaired) electrons. The Labute approximate surface area is 160 Å². The van der Waals surface area contributed by atoms with Crippen molar-refractivity contribution in [1.82, 2.24) is 19.5 Å². The van der Waals surface area contributed by atoms with Gasteiger partial charge in [-0.15, -0.1) is 0 Å². The number of aromatic amines is 1. The molecule has 1 saturated heterocycles. The molecule has 2 aromatic carbocycles. The van der Waals surface area contributed by atoms with Gasteiger partial charge in [0.25, 0.3) is 5.56 Å². The predicted octanol–water partition coefficient (Wildman–Crippen LogP) is 2.87. The van der Waals surface area contributed by atoms with E-state index in [0.717, 1.165) is 30.2 Å². The standard InChI is InChI=1S/C20H19N5OS/c26-19-17-18(22-20(23-19)24-7-9-27-10-8-24)21-13-25(17)12-14-5-6-15-3-1-2-4-16(15)11-14/h1-6,11,13H,7-10,12H2,(H,22,23,26). The van der Waals surface area contributed by atoms with Crippen molar-refractivity contribution in [1.29, 1.82) is 0 Å². The summed E-state index contributed by atoms with van der Waals surface area (Å²) in [6, 6.07) is 14.6. The third kappa shape index (κ3) is 3.08. The lowest BCUT2D eigenvalue weighted by molar-refractivity contribution is 0.806. The van der Waals surface area contributed by atoms with Gasteiger partial charge in [-0.1, -0.05) is 36.4 Å². The maximum atomic E-state index is 12.7. The van der Waals surface area contributed by atoms with Crippen LogP contribution in [0.25, 0.3) is 21.9 Å². The van der Waals surface area contributed by atoms with Gasteiger partial charge in [-0.25, -0.2) is 4.98 Å². The Hall–Kier alpha value is -2.80. The average molecular weight is 377 g/mol. The van der Waals surface area contributed by atoms with E-state index in [9.17, 15) is 4.79 Å². The van der Waals surface area contributed by atoms with Gasteiger partial charge in [0.05, 0.1) is 6.33 Å². The maximum absolute atomic E-state index is 12.7. The van der Waals surface area contributed by atoms with Gasteiger partial charge in [-0.3, -0.25) is 9.78 Å². The molecule has 0 aliphatic carbocycles. The molecule has 1 aliphatic heterocycles. The van der Waals surface area contributed by atoms with Gasteiger partial charge in [0.15, 0.2) is 11.2 Å². The first kappa shape index (κ1) is 16.4. The molecule has 0 atom stereocenters. The van der Waals surface area contributed by atoms with Gasteiger partial charge in [0.2, 0.25) is 5.95 Å². The molecule has 1 fully saturated rings. The highest BCUT2D eigenvalue weighted by molar-refractivity contribution is 7.99. The molecule has 1 N–H and O–H groups in total. The van der Waals surface area contributed by atoms with Crippen LogP contribution in [-0.4, -0.2) is 44.1 Å². The Morgan fingerprint density at radius 3 is 2.74 bits per heavy atom. The summed E-state index contributed by atoms with van der Waals surface area (Å²) >= 11 is 1.93. The number of hydrogen-bond acceptors (Lipinski definition) is 5. The Morgan fingerprint density at radius 1 is 1.07 bits per heavy atom. The molecule has 136 valence electrons. The highest BCUT2D eigenvalue weighted by Crippen LogP contribution is 2.19. The van der Waals surface area contributed by atoms with Crippen LogP contribution in [0.2, 0.25) is 0 Å².